The highest BCUT2D eigenvalue weighted by Gasteiger charge is 2.31. The van der Waals surface area contributed by atoms with Crippen LogP contribution in [0.5, 0.6) is 0 Å². The second kappa shape index (κ2) is 11.1. The summed E-state index contributed by atoms with van der Waals surface area (Å²) in [5.41, 5.74) is 0.785. The first-order chi connectivity index (χ1) is 16.2. The van der Waals surface area contributed by atoms with E-state index in [1.54, 1.807) is 47.6 Å². The summed E-state index contributed by atoms with van der Waals surface area (Å²) < 4.78 is 55.4. The molecule has 10 heteroatoms. The number of carboxylic acid groups (broad SMARTS) is 1. The number of aliphatic carboxylic acids is 1. The highest BCUT2D eigenvalue weighted by atomic mass is 19.4. The van der Waals surface area contributed by atoms with Gasteiger partial charge in [0.2, 0.25) is 0 Å². The highest BCUT2D eigenvalue weighted by Crippen LogP contribution is 2.36. The first-order valence-corrected chi connectivity index (χ1v) is 10.4. The Bertz CT molecular complexity index is 1110. The maximum absolute atomic E-state index is 13.4. The lowest BCUT2D eigenvalue weighted by molar-refractivity contribution is -0.151. The van der Waals surface area contributed by atoms with Crippen molar-refractivity contribution in [2.24, 2.45) is 5.90 Å². The first kappa shape index (κ1) is 25.1. The van der Waals surface area contributed by atoms with Gasteiger partial charge in [-0.1, -0.05) is 30.3 Å². The molecular formula is C24H23F4N3O3. The minimum Gasteiger partial charge on any atom is -0.479 e. The van der Waals surface area contributed by atoms with Crippen molar-refractivity contribution < 1.29 is 32.3 Å². The third-order valence-corrected chi connectivity index (χ3v) is 5.34. The van der Waals surface area contributed by atoms with Crippen molar-refractivity contribution in [1.82, 2.24) is 9.55 Å². The average Bonchev–Trinajstić information content (AvgIpc) is 3.33. The Morgan fingerprint density at radius 2 is 1.94 bits per heavy atom. The van der Waals surface area contributed by atoms with Gasteiger partial charge in [-0.3, -0.25) is 4.84 Å². The summed E-state index contributed by atoms with van der Waals surface area (Å²) in [6.45, 7) is 0. The molecule has 6 nitrogen and oxygen atoms in total. The number of benzene rings is 2. The summed E-state index contributed by atoms with van der Waals surface area (Å²) in [4.78, 5) is 19.8. The van der Waals surface area contributed by atoms with Gasteiger partial charge in [-0.25, -0.2) is 20.1 Å². The fourth-order valence-electron chi connectivity index (χ4n) is 3.63. The number of rotatable bonds is 10. The molecule has 0 aliphatic heterocycles. The third-order valence-electron chi connectivity index (χ3n) is 5.34. The van der Waals surface area contributed by atoms with Gasteiger partial charge in [0, 0.05) is 12.4 Å². The van der Waals surface area contributed by atoms with Gasteiger partial charge in [-0.15, -0.1) is 0 Å². The van der Waals surface area contributed by atoms with Crippen LogP contribution in [0.4, 0.5) is 17.6 Å². The largest absolute Gasteiger partial charge is 0.479 e. The Kier molecular flexibility index (Phi) is 8.19. The smallest absolute Gasteiger partial charge is 0.416 e. The lowest BCUT2D eigenvalue weighted by Crippen LogP contribution is -2.26. The van der Waals surface area contributed by atoms with Crippen LogP contribution in [0.3, 0.4) is 0 Å². The Morgan fingerprint density at radius 1 is 1.21 bits per heavy atom. The van der Waals surface area contributed by atoms with Crippen LogP contribution in [0.25, 0.3) is 5.57 Å². The number of carboxylic acids is 1. The molecule has 2 unspecified atom stereocenters. The van der Waals surface area contributed by atoms with Gasteiger partial charge in [0.15, 0.2) is 6.10 Å². The minimum atomic E-state index is -4.54. The maximum Gasteiger partial charge on any atom is 0.416 e. The van der Waals surface area contributed by atoms with Crippen LogP contribution in [0.2, 0.25) is 0 Å². The Hall–Kier alpha value is -3.50. The SMILES string of the molecule is NOC(CC/C=C(/c1cccc(C(F)(F)F)c1)C(Cc1ccc(F)cc1)n1ccnc1)C(=O)O. The number of halogens is 4. The normalized spacial score (nSPS) is 14.1. The molecule has 0 amide bonds. The highest BCUT2D eigenvalue weighted by molar-refractivity contribution is 5.72. The summed E-state index contributed by atoms with van der Waals surface area (Å²) in [6.07, 6.45) is 1.16. The number of allylic oxidation sites excluding steroid dienone is 2. The second-order valence-corrected chi connectivity index (χ2v) is 7.63. The van der Waals surface area contributed by atoms with Crippen LogP contribution in [0.15, 0.2) is 73.3 Å². The molecule has 0 aliphatic rings. The lowest BCUT2D eigenvalue weighted by Gasteiger charge is -2.24. The third kappa shape index (κ3) is 6.52. The Labute approximate surface area is 193 Å². The van der Waals surface area contributed by atoms with E-state index in [1.807, 2.05) is 0 Å². The van der Waals surface area contributed by atoms with E-state index in [4.69, 9.17) is 11.0 Å². The van der Waals surface area contributed by atoms with E-state index in [0.717, 1.165) is 17.7 Å². The molecule has 34 heavy (non-hydrogen) atoms. The molecule has 0 saturated heterocycles. The molecule has 0 saturated carbocycles. The van der Waals surface area contributed by atoms with Crippen molar-refractivity contribution in [3.8, 4) is 0 Å². The van der Waals surface area contributed by atoms with Crippen molar-refractivity contribution in [3.05, 3.63) is 95.8 Å². The van der Waals surface area contributed by atoms with Crippen molar-refractivity contribution in [2.75, 3.05) is 0 Å². The van der Waals surface area contributed by atoms with E-state index in [2.05, 4.69) is 9.82 Å². The van der Waals surface area contributed by atoms with Crippen LogP contribution in [0, 0.1) is 5.82 Å². The number of hydrogen-bond donors (Lipinski definition) is 2. The van der Waals surface area contributed by atoms with Crippen LogP contribution < -0.4 is 5.90 Å². The van der Waals surface area contributed by atoms with Crippen LogP contribution in [-0.4, -0.2) is 26.7 Å². The summed E-state index contributed by atoms with van der Waals surface area (Å²) in [7, 11) is 0. The molecular weight excluding hydrogens is 454 g/mol. The molecule has 1 heterocycles. The van der Waals surface area contributed by atoms with Crippen molar-refractivity contribution in [1.29, 1.82) is 0 Å². The number of carbonyl (C=O) groups is 1. The number of alkyl halides is 3. The van der Waals surface area contributed by atoms with Crippen LogP contribution >= 0.6 is 0 Å². The molecule has 0 fully saturated rings. The molecule has 0 aliphatic carbocycles. The van der Waals surface area contributed by atoms with Crippen molar-refractivity contribution in [2.45, 2.75) is 37.6 Å². The predicted octanol–water partition coefficient (Wildman–Crippen LogP) is 5.03. The number of hydrogen-bond acceptors (Lipinski definition) is 4. The molecule has 0 radical (unpaired) electrons. The lowest BCUT2D eigenvalue weighted by atomic mass is 9.90. The standard InChI is InChI=1S/C24H23F4N3O3/c25-19-9-7-16(8-10-19)13-21(31-12-11-30-15-31)20(5-2-6-22(34-29)23(32)33)17-3-1-4-18(14-17)24(26,27)28/h1,3-5,7-12,14-15,21-22H,2,6,13,29H2,(H,32,33)/b20-5-. The van der Waals surface area contributed by atoms with E-state index < -0.39 is 35.7 Å². The monoisotopic (exact) mass is 477 g/mol. The van der Waals surface area contributed by atoms with Crippen LogP contribution in [0.1, 0.15) is 35.6 Å². The first-order valence-electron chi connectivity index (χ1n) is 10.4. The van der Waals surface area contributed by atoms with Gasteiger partial charge in [0.25, 0.3) is 0 Å². The van der Waals surface area contributed by atoms with Gasteiger partial charge in [-0.2, -0.15) is 13.2 Å². The summed E-state index contributed by atoms with van der Waals surface area (Å²) >= 11 is 0. The summed E-state index contributed by atoms with van der Waals surface area (Å²) in [5, 5.41) is 9.16. The van der Waals surface area contributed by atoms with Gasteiger partial charge in [0.1, 0.15) is 5.82 Å². The minimum absolute atomic E-state index is 0.0154. The molecule has 1 aromatic heterocycles. The zero-order chi connectivity index (χ0) is 24.7. The molecule has 0 bridgehead atoms. The van der Waals surface area contributed by atoms with Gasteiger partial charge < -0.3 is 9.67 Å². The van der Waals surface area contributed by atoms with Crippen LogP contribution in [-0.2, 0) is 22.2 Å². The number of nitrogens with two attached hydrogens (primary N) is 1. The van der Waals surface area contributed by atoms with E-state index in [1.165, 1.54) is 18.2 Å². The fourth-order valence-corrected chi connectivity index (χ4v) is 3.63. The molecule has 3 aromatic rings. The molecule has 3 rings (SSSR count). The zero-order valence-electron chi connectivity index (χ0n) is 18.0. The molecule has 180 valence electrons. The predicted molar refractivity (Wildman–Crippen MR) is 117 cm³/mol. The maximum atomic E-state index is 13.4. The number of nitrogens with zero attached hydrogens (tertiary/aromatic N) is 2. The second-order valence-electron chi connectivity index (χ2n) is 7.63. The van der Waals surface area contributed by atoms with Crippen molar-refractivity contribution >= 4 is 11.5 Å². The molecule has 2 atom stereocenters. The molecule has 0 spiro atoms. The summed E-state index contributed by atoms with van der Waals surface area (Å²) in [5.74, 6) is 3.40. The topological polar surface area (TPSA) is 90.4 Å². The van der Waals surface area contributed by atoms with E-state index in [0.29, 0.717) is 17.6 Å². The van der Waals surface area contributed by atoms with Gasteiger partial charge >= 0.3 is 12.1 Å². The number of imidazole rings is 1. The number of aromatic nitrogens is 2. The zero-order valence-corrected chi connectivity index (χ0v) is 18.0. The summed E-state index contributed by atoms with van der Waals surface area (Å²) in [6, 6.07) is 10.2. The van der Waals surface area contributed by atoms with E-state index in [-0.39, 0.29) is 12.8 Å². The van der Waals surface area contributed by atoms with Crippen molar-refractivity contribution in [3.63, 3.8) is 0 Å². The van der Waals surface area contributed by atoms with Gasteiger partial charge in [0.05, 0.1) is 17.9 Å². The van der Waals surface area contributed by atoms with E-state index in [9.17, 15) is 22.4 Å². The Morgan fingerprint density at radius 3 is 2.53 bits per heavy atom. The van der Waals surface area contributed by atoms with E-state index >= 15 is 0 Å². The molecule has 2 aromatic carbocycles. The molecule has 3 N–H and O–H groups in total. The fraction of sp³-hybridized carbons (Fsp3) is 0.250. The van der Waals surface area contributed by atoms with Gasteiger partial charge in [-0.05, 0) is 60.2 Å². The quantitative estimate of drug-likeness (QED) is 0.316. The Balaban J connectivity index is 2.05. The average molecular weight is 477 g/mol.